The van der Waals surface area contributed by atoms with Crippen molar-refractivity contribution in [2.75, 3.05) is 7.05 Å². The van der Waals surface area contributed by atoms with Crippen molar-refractivity contribution in [2.45, 2.75) is 18.6 Å². The largest absolute Gasteiger partial charge is 0.485 e. The minimum Gasteiger partial charge on any atom is -0.485 e. The van der Waals surface area contributed by atoms with Gasteiger partial charge in [0.05, 0.1) is 5.02 Å². The molecule has 1 aliphatic rings. The Hall–Kier alpha value is -0.550. The van der Waals surface area contributed by atoms with Gasteiger partial charge in [-0.3, -0.25) is 0 Å². The first-order valence-corrected chi connectivity index (χ1v) is 8.63. The molecule has 2 aromatic carbocycles. The van der Waals surface area contributed by atoms with E-state index in [0.717, 1.165) is 26.7 Å². The number of nitrogens with one attached hydrogen (secondary N) is 1. The Kier molecular flexibility index (Phi) is 4.60. The predicted molar refractivity (Wildman–Crippen MR) is 93.1 cm³/mol. The van der Waals surface area contributed by atoms with Crippen LogP contribution in [0.15, 0.2) is 45.3 Å². The standard InChI is InChI=1S/C16H14Br2ClNO/c1-20-14-8-16(9-2-4-12(18)13(19)6-9)21-15-5-3-10(17)7-11(14)15/h2-7,14,16,20H,8H2,1H3. The van der Waals surface area contributed by atoms with Crippen LogP contribution in [0.5, 0.6) is 5.75 Å². The van der Waals surface area contributed by atoms with E-state index >= 15 is 0 Å². The highest BCUT2D eigenvalue weighted by molar-refractivity contribution is 9.10. The van der Waals surface area contributed by atoms with Gasteiger partial charge in [-0.05, 0) is 58.9 Å². The average Bonchev–Trinajstić information content (AvgIpc) is 2.49. The van der Waals surface area contributed by atoms with Crippen molar-refractivity contribution in [3.63, 3.8) is 0 Å². The third kappa shape index (κ3) is 3.14. The van der Waals surface area contributed by atoms with Crippen molar-refractivity contribution < 1.29 is 4.74 Å². The van der Waals surface area contributed by atoms with E-state index < -0.39 is 0 Å². The lowest BCUT2D eigenvalue weighted by Gasteiger charge is -2.32. The first-order chi connectivity index (χ1) is 10.1. The maximum atomic E-state index is 6.20. The number of benzene rings is 2. The zero-order valence-electron chi connectivity index (χ0n) is 11.4. The summed E-state index contributed by atoms with van der Waals surface area (Å²) >= 11 is 13.1. The first-order valence-electron chi connectivity index (χ1n) is 6.67. The molecule has 1 heterocycles. The van der Waals surface area contributed by atoms with E-state index in [1.54, 1.807) is 0 Å². The second-order valence-corrected chi connectivity index (χ2v) is 7.22. The Bertz CT molecular complexity index is 677. The van der Waals surface area contributed by atoms with Gasteiger partial charge in [0.15, 0.2) is 0 Å². The molecule has 2 aromatic rings. The van der Waals surface area contributed by atoms with Gasteiger partial charge in [-0.1, -0.05) is 33.6 Å². The molecule has 110 valence electrons. The molecule has 3 rings (SSSR count). The average molecular weight is 432 g/mol. The number of halogens is 3. The first kappa shape index (κ1) is 15.3. The molecule has 2 nitrogen and oxygen atoms in total. The highest BCUT2D eigenvalue weighted by Crippen LogP contribution is 2.42. The van der Waals surface area contributed by atoms with E-state index in [1.165, 1.54) is 5.56 Å². The summed E-state index contributed by atoms with van der Waals surface area (Å²) in [5.41, 5.74) is 2.28. The second kappa shape index (κ2) is 6.29. The van der Waals surface area contributed by atoms with Crippen LogP contribution in [-0.4, -0.2) is 7.05 Å². The van der Waals surface area contributed by atoms with E-state index in [1.807, 2.05) is 31.3 Å². The molecule has 0 fully saturated rings. The van der Waals surface area contributed by atoms with Crippen LogP contribution in [0.3, 0.4) is 0 Å². The summed E-state index contributed by atoms with van der Waals surface area (Å²) in [6, 6.07) is 12.4. The predicted octanol–water partition coefficient (Wildman–Crippen LogP) is 5.65. The van der Waals surface area contributed by atoms with Crippen LogP contribution in [-0.2, 0) is 0 Å². The maximum Gasteiger partial charge on any atom is 0.126 e. The third-order valence-electron chi connectivity index (χ3n) is 3.73. The lowest BCUT2D eigenvalue weighted by Crippen LogP contribution is -2.26. The summed E-state index contributed by atoms with van der Waals surface area (Å²) in [6.45, 7) is 0. The molecule has 0 spiro atoms. The van der Waals surface area contributed by atoms with Crippen molar-refractivity contribution >= 4 is 43.5 Å². The minimum absolute atomic E-state index is 0.00160. The van der Waals surface area contributed by atoms with E-state index in [9.17, 15) is 0 Å². The molecule has 0 aliphatic carbocycles. The molecule has 2 atom stereocenters. The number of hydrogen-bond donors (Lipinski definition) is 1. The molecule has 0 saturated carbocycles. The Morgan fingerprint density at radius 1 is 1.19 bits per heavy atom. The summed E-state index contributed by atoms with van der Waals surface area (Å²) in [5, 5.41) is 4.08. The number of ether oxygens (including phenoxy) is 1. The fraction of sp³-hybridized carbons (Fsp3) is 0.250. The molecule has 0 amide bonds. The van der Waals surface area contributed by atoms with Crippen LogP contribution in [0.2, 0.25) is 5.02 Å². The quantitative estimate of drug-likeness (QED) is 0.664. The van der Waals surface area contributed by atoms with Gasteiger partial charge < -0.3 is 10.1 Å². The molecule has 0 aromatic heterocycles. The number of rotatable bonds is 2. The van der Waals surface area contributed by atoms with Gasteiger partial charge in [-0.2, -0.15) is 0 Å². The third-order valence-corrected chi connectivity index (χ3v) is 5.46. The molecule has 1 aliphatic heterocycles. The SMILES string of the molecule is CNC1CC(c2ccc(Br)c(Cl)c2)Oc2ccc(Br)cc21. The smallest absolute Gasteiger partial charge is 0.126 e. The molecule has 1 N–H and O–H groups in total. The van der Waals surface area contributed by atoms with Gasteiger partial charge in [0.1, 0.15) is 11.9 Å². The highest BCUT2D eigenvalue weighted by atomic mass is 79.9. The normalized spacial score (nSPS) is 20.8. The van der Waals surface area contributed by atoms with Crippen LogP contribution in [0.1, 0.15) is 29.7 Å². The van der Waals surface area contributed by atoms with Gasteiger partial charge in [-0.15, -0.1) is 0 Å². The lowest BCUT2D eigenvalue weighted by atomic mass is 9.93. The number of fused-ring (bicyclic) bond motifs is 1. The summed E-state index contributed by atoms with van der Waals surface area (Å²) in [5.74, 6) is 0.924. The summed E-state index contributed by atoms with van der Waals surface area (Å²) in [7, 11) is 1.98. The Balaban J connectivity index is 1.96. The highest BCUT2D eigenvalue weighted by Gasteiger charge is 2.28. The van der Waals surface area contributed by atoms with Gasteiger partial charge in [0.25, 0.3) is 0 Å². The van der Waals surface area contributed by atoms with E-state index in [-0.39, 0.29) is 12.1 Å². The molecule has 0 saturated heterocycles. The molecular weight excluding hydrogens is 417 g/mol. The zero-order chi connectivity index (χ0) is 15.0. The van der Waals surface area contributed by atoms with Gasteiger partial charge >= 0.3 is 0 Å². The zero-order valence-corrected chi connectivity index (χ0v) is 15.3. The minimum atomic E-state index is 0.00160. The Morgan fingerprint density at radius 2 is 2.00 bits per heavy atom. The van der Waals surface area contributed by atoms with Gasteiger partial charge in [0, 0.05) is 27.0 Å². The molecule has 21 heavy (non-hydrogen) atoms. The Labute approximate surface area is 146 Å². The van der Waals surface area contributed by atoms with Crippen molar-refractivity contribution in [1.82, 2.24) is 5.32 Å². The van der Waals surface area contributed by atoms with Crippen LogP contribution < -0.4 is 10.1 Å². The Morgan fingerprint density at radius 3 is 2.71 bits per heavy atom. The molecule has 0 radical (unpaired) electrons. The van der Waals surface area contributed by atoms with E-state index in [0.29, 0.717) is 5.02 Å². The topological polar surface area (TPSA) is 21.3 Å². The maximum absolute atomic E-state index is 6.20. The van der Waals surface area contributed by atoms with Gasteiger partial charge in [0.2, 0.25) is 0 Å². The van der Waals surface area contributed by atoms with Crippen LogP contribution in [0, 0.1) is 0 Å². The second-order valence-electron chi connectivity index (χ2n) is 5.04. The van der Waals surface area contributed by atoms with Gasteiger partial charge in [-0.25, -0.2) is 0 Å². The summed E-state index contributed by atoms with van der Waals surface area (Å²) in [6.07, 6.45) is 0.875. The lowest BCUT2D eigenvalue weighted by molar-refractivity contribution is 0.154. The molecule has 5 heteroatoms. The summed E-state index contributed by atoms with van der Waals surface area (Å²) < 4.78 is 8.13. The van der Waals surface area contributed by atoms with Crippen molar-refractivity contribution in [2.24, 2.45) is 0 Å². The van der Waals surface area contributed by atoms with E-state index in [2.05, 4.69) is 49.3 Å². The fourth-order valence-electron chi connectivity index (χ4n) is 2.63. The van der Waals surface area contributed by atoms with Crippen molar-refractivity contribution in [3.05, 3.63) is 61.5 Å². The van der Waals surface area contributed by atoms with Crippen molar-refractivity contribution in [1.29, 1.82) is 0 Å². The summed E-state index contributed by atoms with van der Waals surface area (Å²) in [4.78, 5) is 0. The van der Waals surface area contributed by atoms with Crippen LogP contribution in [0.25, 0.3) is 0 Å². The fourth-order valence-corrected chi connectivity index (χ4v) is 3.45. The van der Waals surface area contributed by atoms with Crippen molar-refractivity contribution in [3.8, 4) is 5.75 Å². The van der Waals surface area contributed by atoms with E-state index in [4.69, 9.17) is 16.3 Å². The molecular formula is C16H14Br2ClNO. The molecule has 2 unspecified atom stereocenters. The molecule has 0 bridgehead atoms. The monoisotopic (exact) mass is 429 g/mol. The van der Waals surface area contributed by atoms with Crippen LogP contribution >= 0.6 is 43.5 Å². The number of hydrogen-bond acceptors (Lipinski definition) is 2. The van der Waals surface area contributed by atoms with Crippen LogP contribution in [0.4, 0.5) is 0 Å².